The zero-order valence-electron chi connectivity index (χ0n) is 16.1. The summed E-state index contributed by atoms with van der Waals surface area (Å²) >= 11 is 2.95. The third kappa shape index (κ3) is 4.37. The Bertz CT molecular complexity index is 1150. The molecule has 1 amide bonds. The molecule has 4 rings (SSSR count). The van der Waals surface area contributed by atoms with Gasteiger partial charge in [0.25, 0.3) is 5.91 Å². The molecule has 1 fully saturated rings. The van der Waals surface area contributed by atoms with Gasteiger partial charge in [-0.15, -0.1) is 11.3 Å². The Morgan fingerprint density at radius 2 is 1.83 bits per heavy atom. The van der Waals surface area contributed by atoms with Crippen molar-refractivity contribution in [1.29, 1.82) is 0 Å². The number of aryl methyl sites for hydroxylation is 1. The van der Waals surface area contributed by atoms with Crippen LogP contribution in [0, 0.1) is 6.92 Å². The smallest absolute Gasteiger partial charge is 0.335 e. The number of amidine groups is 1. The SMILES string of the molecule is Cc1ccsc1C=C1SC(=Nc2ccccc2)N(Cc2ccc(C(=O)O)cc2)C1=O. The first kappa shape index (κ1) is 20.1. The topological polar surface area (TPSA) is 70.0 Å². The van der Waals surface area contributed by atoms with E-state index in [2.05, 4.69) is 4.99 Å². The van der Waals surface area contributed by atoms with Crippen LogP contribution >= 0.6 is 23.1 Å². The van der Waals surface area contributed by atoms with E-state index in [1.54, 1.807) is 40.5 Å². The van der Waals surface area contributed by atoms with Crippen LogP contribution in [0.15, 0.2) is 75.9 Å². The number of thiophene rings is 1. The van der Waals surface area contributed by atoms with Crippen molar-refractivity contribution < 1.29 is 14.7 Å². The van der Waals surface area contributed by atoms with Gasteiger partial charge in [-0.05, 0) is 71.6 Å². The Morgan fingerprint density at radius 3 is 2.47 bits per heavy atom. The van der Waals surface area contributed by atoms with Crippen LogP contribution in [0.4, 0.5) is 5.69 Å². The second-order valence-corrected chi connectivity index (χ2v) is 8.66. The van der Waals surface area contributed by atoms with Crippen molar-refractivity contribution in [1.82, 2.24) is 4.90 Å². The summed E-state index contributed by atoms with van der Waals surface area (Å²) in [5.41, 5.74) is 2.95. The lowest BCUT2D eigenvalue weighted by molar-refractivity contribution is -0.122. The maximum atomic E-state index is 13.2. The van der Waals surface area contributed by atoms with Crippen molar-refractivity contribution in [3.8, 4) is 0 Å². The van der Waals surface area contributed by atoms with E-state index in [0.717, 1.165) is 21.7 Å². The number of carbonyl (C=O) groups is 2. The quantitative estimate of drug-likeness (QED) is 0.534. The number of thioether (sulfide) groups is 1. The van der Waals surface area contributed by atoms with Crippen LogP contribution in [0.2, 0.25) is 0 Å². The summed E-state index contributed by atoms with van der Waals surface area (Å²) in [5, 5.41) is 11.7. The van der Waals surface area contributed by atoms with Crippen molar-refractivity contribution >= 4 is 51.9 Å². The average molecular weight is 435 g/mol. The zero-order chi connectivity index (χ0) is 21.1. The van der Waals surface area contributed by atoms with Crippen LogP contribution in [0.3, 0.4) is 0 Å². The molecule has 1 saturated heterocycles. The van der Waals surface area contributed by atoms with E-state index in [-0.39, 0.29) is 11.5 Å². The van der Waals surface area contributed by atoms with E-state index in [0.29, 0.717) is 16.6 Å². The second kappa shape index (κ2) is 8.69. The molecule has 5 nitrogen and oxygen atoms in total. The van der Waals surface area contributed by atoms with Crippen LogP contribution < -0.4 is 0 Å². The van der Waals surface area contributed by atoms with Gasteiger partial charge in [0, 0.05) is 4.88 Å². The van der Waals surface area contributed by atoms with E-state index in [9.17, 15) is 9.59 Å². The van der Waals surface area contributed by atoms with Crippen molar-refractivity contribution in [2.24, 2.45) is 4.99 Å². The maximum Gasteiger partial charge on any atom is 0.335 e. The molecule has 150 valence electrons. The number of nitrogens with zero attached hydrogens (tertiary/aromatic N) is 2. The lowest BCUT2D eigenvalue weighted by Crippen LogP contribution is -2.28. The highest BCUT2D eigenvalue weighted by Gasteiger charge is 2.33. The molecule has 1 aromatic heterocycles. The van der Waals surface area contributed by atoms with Gasteiger partial charge in [-0.25, -0.2) is 9.79 Å². The van der Waals surface area contributed by atoms with Crippen molar-refractivity contribution in [2.45, 2.75) is 13.5 Å². The van der Waals surface area contributed by atoms with Crippen molar-refractivity contribution in [2.75, 3.05) is 0 Å². The summed E-state index contributed by atoms with van der Waals surface area (Å²) in [6.45, 7) is 2.34. The monoisotopic (exact) mass is 434 g/mol. The molecule has 0 saturated carbocycles. The highest BCUT2D eigenvalue weighted by atomic mass is 32.2. The number of carboxylic acids is 1. The van der Waals surface area contributed by atoms with Gasteiger partial charge in [-0.1, -0.05) is 30.3 Å². The lowest BCUT2D eigenvalue weighted by Gasteiger charge is -2.16. The second-order valence-electron chi connectivity index (χ2n) is 6.70. The van der Waals surface area contributed by atoms with Gasteiger partial charge < -0.3 is 5.11 Å². The van der Waals surface area contributed by atoms with E-state index in [1.807, 2.05) is 54.8 Å². The zero-order valence-corrected chi connectivity index (χ0v) is 17.7. The van der Waals surface area contributed by atoms with Gasteiger partial charge in [-0.3, -0.25) is 9.69 Å². The molecule has 7 heteroatoms. The molecule has 0 atom stereocenters. The van der Waals surface area contributed by atoms with Crippen LogP contribution in [0.5, 0.6) is 0 Å². The van der Waals surface area contributed by atoms with Gasteiger partial charge in [-0.2, -0.15) is 0 Å². The van der Waals surface area contributed by atoms with Crippen LogP contribution in [-0.2, 0) is 11.3 Å². The maximum absolute atomic E-state index is 13.2. The Balaban J connectivity index is 1.67. The van der Waals surface area contributed by atoms with E-state index < -0.39 is 5.97 Å². The summed E-state index contributed by atoms with van der Waals surface area (Å²) in [7, 11) is 0. The molecule has 2 aromatic carbocycles. The molecule has 1 aliphatic heterocycles. The first-order valence-electron chi connectivity index (χ1n) is 9.23. The van der Waals surface area contributed by atoms with Crippen LogP contribution in [-0.4, -0.2) is 27.1 Å². The lowest BCUT2D eigenvalue weighted by atomic mass is 10.1. The van der Waals surface area contributed by atoms with Gasteiger partial charge in [0.2, 0.25) is 0 Å². The number of rotatable bonds is 5. The minimum absolute atomic E-state index is 0.107. The Morgan fingerprint density at radius 1 is 1.10 bits per heavy atom. The largest absolute Gasteiger partial charge is 0.478 e. The molecule has 0 aliphatic carbocycles. The molecule has 3 aromatic rings. The number of hydrogen-bond acceptors (Lipinski definition) is 5. The number of amides is 1. The van der Waals surface area contributed by atoms with Crippen LogP contribution in [0.1, 0.15) is 26.4 Å². The van der Waals surface area contributed by atoms with E-state index >= 15 is 0 Å². The summed E-state index contributed by atoms with van der Waals surface area (Å²) in [6, 6.07) is 18.1. The van der Waals surface area contributed by atoms with E-state index in [1.165, 1.54) is 11.8 Å². The molecule has 30 heavy (non-hydrogen) atoms. The number of hydrogen-bond donors (Lipinski definition) is 1. The molecule has 2 heterocycles. The van der Waals surface area contributed by atoms with Gasteiger partial charge in [0.05, 0.1) is 22.7 Å². The molecular weight excluding hydrogens is 416 g/mol. The first-order chi connectivity index (χ1) is 14.5. The van der Waals surface area contributed by atoms with E-state index in [4.69, 9.17) is 5.11 Å². The first-order valence-corrected chi connectivity index (χ1v) is 10.9. The van der Waals surface area contributed by atoms with Gasteiger partial charge in [0.1, 0.15) is 0 Å². The minimum atomic E-state index is -0.975. The van der Waals surface area contributed by atoms with Gasteiger partial charge in [0.15, 0.2) is 5.17 Å². The van der Waals surface area contributed by atoms with Crippen molar-refractivity contribution in [3.63, 3.8) is 0 Å². The number of benzene rings is 2. The average Bonchev–Trinajstić information content (AvgIpc) is 3.27. The summed E-state index contributed by atoms with van der Waals surface area (Å²) in [4.78, 5) is 32.3. The standard InChI is InChI=1S/C23H18N2O3S2/c1-15-11-12-29-19(15)13-20-21(26)25(14-16-7-9-17(10-8-16)22(27)28)23(30-20)24-18-5-3-2-4-6-18/h2-13H,14H2,1H3,(H,27,28). The fourth-order valence-electron chi connectivity index (χ4n) is 2.93. The summed E-state index contributed by atoms with van der Waals surface area (Å²) in [6.07, 6.45) is 1.92. The highest BCUT2D eigenvalue weighted by molar-refractivity contribution is 8.18. The Labute approximate surface area is 182 Å². The molecule has 1 N–H and O–H groups in total. The number of aliphatic imine (C=N–C) groups is 1. The normalized spacial score (nSPS) is 16.6. The molecule has 1 aliphatic rings. The molecule has 0 bridgehead atoms. The number of para-hydroxylation sites is 1. The predicted molar refractivity (Wildman–Crippen MR) is 122 cm³/mol. The molecule has 0 spiro atoms. The molecule has 0 unspecified atom stereocenters. The minimum Gasteiger partial charge on any atom is -0.478 e. The highest BCUT2D eigenvalue weighted by Crippen LogP contribution is 2.36. The molecule has 0 radical (unpaired) electrons. The fourth-order valence-corrected chi connectivity index (χ4v) is 4.84. The van der Waals surface area contributed by atoms with Gasteiger partial charge >= 0.3 is 5.97 Å². The number of carboxylic acid groups (broad SMARTS) is 1. The third-order valence-corrected chi connectivity index (χ3v) is 6.55. The summed E-state index contributed by atoms with van der Waals surface area (Å²) < 4.78 is 0. The molecular formula is C23H18N2O3S2. The summed E-state index contributed by atoms with van der Waals surface area (Å²) in [5.74, 6) is -1.08. The van der Waals surface area contributed by atoms with Crippen LogP contribution in [0.25, 0.3) is 6.08 Å². The number of aromatic carboxylic acids is 1. The van der Waals surface area contributed by atoms with Crippen molar-refractivity contribution in [3.05, 3.63) is 92.5 Å². The fraction of sp³-hybridized carbons (Fsp3) is 0.0870. The Hall–Kier alpha value is -3.16. The predicted octanol–water partition coefficient (Wildman–Crippen LogP) is 5.56. The third-order valence-electron chi connectivity index (χ3n) is 4.57. The Kier molecular flexibility index (Phi) is 5.83. The number of carbonyl (C=O) groups excluding carboxylic acids is 1.